The third kappa shape index (κ3) is 2.43. The van der Waals surface area contributed by atoms with Gasteiger partial charge < -0.3 is 15.1 Å². The first kappa shape index (κ1) is 10.5. The number of benzene rings is 1. The molecular weight excluding hydrogens is 234 g/mol. The molecule has 0 aromatic heterocycles. The van der Waals surface area contributed by atoms with Crippen LogP contribution in [0.5, 0.6) is 0 Å². The average Bonchev–Trinajstić information content (AvgIpc) is 2.04. The van der Waals surface area contributed by atoms with E-state index in [0.717, 1.165) is 10.2 Å². The Morgan fingerprint density at radius 1 is 1.31 bits per heavy atom. The van der Waals surface area contributed by atoms with Crippen molar-refractivity contribution in [1.82, 2.24) is 0 Å². The number of hydrogen-bond donors (Lipinski definition) is 2. The number of aliphatic hydroxyl groups excluding tert-OH is 1. The highest BCUT2D eigenvalue weighted by Gasteiger charge is 2.07. The predicted octanol–water partition coefficient (Wildman–Crippen LogP) is 1.50. The summed E-state index contributed by atoms with van der Waals surface area (Å²) in [6.07, 6.45) is -1.41. The van der Waals surface area contributed by atoms with E-state index in [2.05, 4.69) is 15.9 Å². The van der Waals surface area contributed by atoms with Crippen LogP contribution < -0.4 is 4.90 Å². The lowest BCUT2D eigenvalue weighted by Crippen LogP contribution is -2.10. The van der Waals surface area contributed by atoms with Crippen molar-refractivity contribution in [3.8, 4) is 0 Å². The third-order valence-corrected chi connectivity index (χ3v) is 2.42. The highest BCUT2D eigenvalue weighted by Crippen LogP contribution is 2.27. The summed E-state index contributed by atoms with van der Waals surface area (Å²) < 4.78 is 0.932. The lowest BCUT2D eigenvalue weighted by Gasteiger charge is -2.16. The quantitative estimate of drug-likeness (QED) is 0.777. The molecule has 0 unspecified atom stereocenters. The molecule has 0 saturated heterocycles. The first-order valence-corrected chi connectivity index (χ1v) is 4.64. The molecular formula is C9H12BrNO2. The molecule has 0 radical (unpaired) electrons. The second-order valence-electron chi connectivity index (χ2n) is 2.98. The fraction of sp³-hybridized carbons (Fsp3) is 0.333. The number of rotatable bonds is 2. The van der Waals surface area contributed by atoms with Crippen molar-refractivity contribution >= 4 is 21.6 Å². The van der Waals surface area contributed by atoms with Crippen LogP contribution in [0.1, 0.15) is 11.9 Å². The van der Waals surface area contributed by atoms with Crippen molar-refractivity contribution in [2.75, 3.05) is 19.0 Å². The van der Waals surface area contributed by atoms with Crippen LogP contribution in [-0.2, 0) is 0 Å². The smallest absolute Gasteiger partial charge is 0.178 e. The molecule has 0 saturated carbocycles. The van der Waals surface area contributed by atoms with Gasteiger partial charge in [0.25, 0.3) is 0 Å². The van der Waals surface area contributed by atoms with Crippen molar-refractivity contribution in [3.05, 3.63) is 28.2 Å². The highest BCUT2D eigenvalue weighted by atomic mass is 79.9. The lowest BCUT2D eigenvalue weighted by molar-refractivity contribution is -0.0424. The summed E-state index contributed by atoms with van der Waals surface area (Å²) >= 11 is 3.38. The summed E-state index contributed by atoms with van der Waals surface area (Å²) in [6.45, 7) is 0. The second kappa shape index (κ2) is 4.09. The molecule has 0 heterocycles. The molecule has 72 valence electrons. The van der Waals surface area contributed by atoms with Crippen LogP contribution in [0.2, 0.25) is 0 Å². The van der Waals surface area contributed by atoms with Crippen LogP contribution in [0, 0.1) is 0 Å². The van der Waals surface area contributed by atoms with E-state index in [-0.39, 0.29) is 0 Å². The van der Waals surface area contributed by atoms with Gasteiger partial charge in [0, 0.05) is 24.1 Å². The standard InChI is InChI=1S/C9H12BrNO2/c1-11(2)8-5-6(9(12)13)3-4-7(8)10/h3-5,9,12-13H,1-2H3. The van der Waals surface area contributed by atoms with E-state index in [1.807, 2.05) is 19.0 Å². The number of nitrogens with zero attached hydrogens (tertiary/aromatic N) is 1. The van der Waals surface area contributed by atoms with E-state index in [1.165, 1.54) is 0 Å². The Labute approximate surface area is 85.7 Å². The number of aliphatic hydroxyl groups is 2. The maximum Gasteiger partial charge on any atom is 0.178 e. The average molecular weight is 246 g/mol. The zero-order chi connectivity index (χ0) is 10.0. The molecule has 1 rings (SSSR count). The molecule has 0 fully saturated rings. The molecule has 0 spiro atoms. The molecule has 4 heteroatoms. The number of halogens is 1. The Morgan fingerprint density at radius 2 is 1.92 bits per heavy atom. The van der Waals surface area contributed by atoms with Gasteiger partial charge in [-0.05, 0) is 28.1 Å². The van der Waals surface area contributed by atoms with Crippen molar-refractivity contribution in [3.63, 3.8) is 0 Å². The number of hydrogen-bond acceptors (Lipinski definition) is 3. The van der Waals surface area contributed by atoms with Gasteiger partial charge in [-0.25, -0.2) is 0 Å². The minimum atomic E-state index is -1.41. The minimum absolute atomic E-state index is 0.493. The second-order valence-corrected chi connectivity index (χ2v) is 3.83. The topological polar surface area (TPSA) is 43.7 Å². The molecule has 0 atom stereocenters. The van der Waals surface area contributed by atoms with E-state index in [0.29, 0.717) is 5.56 Å². The van der Waals surface area contributed by atoms with Crippen LogP contribution in [-0.4, -0.2) is 24.3 Å². The summed E-state index contributed by atoms with van der Waals surface area (Å²) in [7, 11) is 3.79. The van der Waals surface area contributed by atoms with E-state index < -0.39 is 6.29 Å². The van der Waals surface area contributed by atoms with E-state index in [9.17, 15) is 0 Å². The maximum absolute atomic E-state index is 8.94. The molecule has 1 aromatic rings. The first-order chi connectivity index (χ1) is 6.02. The van der Waals surface area contributed by atoms with Gasteiger partial charge in [0.05, 0.1) is 5.69 Å². The summed E-state index contributed by atoms with van der Waals surface area (Å²) in [6, 6.07) is 5.20. The zero-order valence-corrected chi connectivity index (χ0v) is 9.12. The van der Waals surface area contributed by atoms with Crippen LogP contribution in [0.15, 0.2) is 22.7 Å². The van der Waals surface area contributed by atoms with Crippen LogP contribution in [0.4, 0.5) is 5.69 Å². The highest BCUT2D eigenvalue weighted by molar-refractivity contribution is 9.10. The molecule has 2 N–H and O–H groups in total. The monoisotopic (exact) mass is 245 g/mol. The normalized spacial score (nSPS) is 10.6. The van der Waals surface area contributed by atoms with Gasteiger partial charge in [0.15, 0.2) is 6.29 Å². The van der Waals surface area contributed by atoms with Crippen LogP contribution in [0.3, 0.4) is 0 Å². The number of anilines is 1. The fourth-order valence-corrected chi connectivity index (χ4v) is 1.63. The lowest BCUT2D eigenvalue weighted by atomic mass is 10.2. The Kier molecular flexibility index (Phi) is 3.30. The molecule has 0 aliphatic carbocycles. The summed E-state index contributed by atoms with van der Waals surface area (Å²) in [5.41, 5.74) is 1.41. The molecule has 0 aliphatic heterocycles. The first-order valence-electron chi connectivity index (χ1n) is 3.85. The van der Waals surface area contributed by atoms with Gasteiger partial charge in [0.2, 0.25) is 0 Å². The molecule has 3 nitrogen and oxygen atoms in total. The van der Waals surface area contributed by atoms with Gasteiger partial charge in [-0.3, -0.25) is 0 Å². The molecule has 0 aliphatic rings. The van der Waals surface area contributed by atoms with E-state index >= 15 is 0 Å². The molecule has 0 bridgehead atoms. The van der Waals surface area contributed by atoms with Gasteiger partial charge in [-0.15, -0.1) is 0 Å². The maximum atomic E-state index is 8.94. The predicted molar refractivity (Wildman–Crippen MR) is 55.6 cm³/mol. The van der Waals surface area contributed by atoms with Crippen molar-refractivity contribution in [1.29, 1.82) is 0 Å². The molecule has 0 amide bonds. The third-order valence-electron chi connectivity index (χ3n) is 1.75. The van der Waals surface area contributed by atoms with Gasteiger partial charge in [-0.2, -0.15) is 0 Å². The Hall–Kier alpha value is -0.580. The van der Waals surface area contributed by atoms with Crippen molar-refractivity contribution < 1.29 is 10.2 Å². The Bertz CT molecular complexity index is 300. The summed E-state index contributed by atoms with van der Waals surface area (Å²) in [4.78, 5) is 1.90. The largest absolute Gasteiger partial charge is 0.377 e. The zero-order valence-electron chi connectivity index (χ0n) is 7.53. The Morgan fingerprint density at radius 3 is 2.38 bits per heavy atom. The van der Waals surface area contributed by atoms with E-state index in [4.69, 9.17) is 10.2 Å². The summed E-state index contributed by atoms with van der Waals surface area (Å²) in [5.74, 6) is 0. The van der Waals surface area contributed by atoms with Gasteiger partial charge >= 0.3 is 0 Å². The van der Waals surface area contributed by atoms with Crippen molar-refractivity contribution in [2.45, 2.75) is 6.29 Å². The van der Waals surface area contributed by atoms with Gasteiger partial charge in [-0.1, -0.05) is 6.07 Å². The molecule has 1 aromatic carbocycles. The van der Waals surface area contributed by atoms with Crippen molar-refractivity contribution in [2.24, 2.45) is 0 Å². The minimum Gasteiger partial charge on any atom is -0.377 e. The fourth-order valence-electron chi connectivity index (χ4n) is 1.03. The van der Waals surface area contributed by atoms with E-state index in [1.54, 1.807) is 18.2 Å². The SMILES string of the molecule is CN(C)c1cc(C(O)O)ccc1Br. The Balaban J connectivity index is 3.11. The summed E-state index contributed by atoms with van der Waals surface area (Å²) in [5, 5.41) is 17.9. The van der Waals surface area contributed by atoms with Gasteiger partial charge in [0.1, 0.15) is 0 Å². The van der Waals surface area contributed by atoms with Crippen LogP contribution in [0.25, 0.3) is 0 Å². The van der Waals surface area contributed by atoms with Crippen LogP contribution >= 0.6 is 15.9 Å². The molecule has 13 heavy (non-hydrogen) atoms.